The van der Waals surface area contributed by atoms with Gasteiger partial charge in [-0.15, -0.1) is 0 Å². The average Bonchev–Trinajstić information content (AvgIpc) is 1.83. The molecular weight excluding hydrogens is 131 g/mol. The normalized spacial score (nSPS) is 30.0. The first-order valence-corrected chi connectivity index (χ1v) is 3.91. The molecule has 10 heavy (non-hydrogen) atoms. The summed E-state index contributed by atoms with van der Waals surface area (Å²) in [6.45, 7) is 4.25. The summed E-state index contributed by atoms with van der Waals surface area (Å²) < 4.78 is 16.7. The van der Waals surface area contributed by atoms with E-state index in [4.69, 9.17) is 4.74 Å². The number of hydrogen-bond acceptors (Lipinski definition) is 1. The van der Waals surface area contributed by atoms with Gasteiger partial charge >= 0.3 is 0 Å². The first-order chi connectivity index (χ1) is 4.74. The van der Waals surface area contributed by atoms with Crippen LogP contribution < -0.4 is 0 Å². The van der Waals surface area contributed by atoms with Crippen molar-refractivity contribution < 1.29 is 9.13 Å². The van der Waals surface area contributed by atoms with Gasteiger partial charge in [-0.1, -0.05) is 20.3 Å². The molecule has 0 bridgehead atoms. The summed E-state index contributed by atoms with van der Waals surface area (Å²) in [6, 6.07) is 0. The molecule has 0 aliphatic heterocycles. The first kappa shape index (κ1) is 9.89. The van der Waals surface area contributed by atoms with E-state index in [-0.39, 0.29) is 6.10 Å². The molecule has 0 heterocycles. The molecule has 1 nitrogen and oxygen atoms in total. The Bertz CT molecular complexity index is 69.7. The zero-order chi connectivity index (χ0) is 7.98. The average molecular weight is 148 g/mol. The second-order valence-corrected chi connectivity index (χ2v) is 2.63. The Morgan fingerprint density at radius 1 is 1.40 bits per heavy atom. The van der Waals surface area contributed by atoms with Crippen LogP contribution in [0.1, 0.15) is 33.1 Å². The fraction of sp³-hybridized carbons (Fsp3) is 1.00. The molecule has 0 unspecified atom stereocenters. The van der Waals surface area contributed by atoms with Gasteiger partial charge in [0.15, 0.2) is 0 Å². The summed E-state index contributed by atoms with van der Waals surface area (Å²) in [5.41, 5.74) is 0. The Labute approximate surface area is 62.6 Å². The van der Waals surface area contributed by atoms with Gasteiger partial charge in [0.05, 0.1) is 6.10 Å². The van der Waals surface area contributed by atoms with Crippen LogP contribution in [0.25, 0.3) is 0 Å². The van der Waals surface area contributed by atoms with Gasteiger partial charge in [-0.25, -0.2) is 4.39 Å². The molecule has 0 atom stereocenters. The van der Waals surface area contributed by atoms with Crippen LogP contribution in [0.4, 0.5) is 4.39 Å². The molecule has 2 heteroatoms. The van der Waals surface area contributed by atoms with E-state index in [2.05, 4.69) is 13.8 Å². The van der Waals surface area contributed by atoms with Crippen LogP contribution in [0.5, 0.6) is 0 Å². The first-order valence-electron chi connectivity index (χ1n) is 3.91. The molecule has 1 aliphatic rings. The number of alkyl halides is 1. The molecule has 0 radical (unpaired) electrons. The van der Waals surface area contributed by atoms with E-state index in [0.717, 1.165) is 0 Å². The number of methoxy groups -OCH3 is 1. The second kappa shape index (κ2) is 5.66. The van der Waals surface area contributed by atoms with Crippen LogP contribution in [0.3, 0.4) is 0 Å². The lowest BCUT2D eigenvalue weighted by atomic mass is 9.94. The number of halogens is 1. The highest BCUT2D eigenvalue weighted by Crippen LogP contribution is 2.24. The van der Waals surface area contributed by atoms with Crippen LogP contribution in [0.2, 0.25) is 0 Å². The molecule has 1 saturated carbocycles. The predicted molar refractivity (Wildman–Crippen MR) is 40.9 cm³/mol. The SMILES string of the molecule is CCC.COC1CC(F)C1. The van der Waals surface area contributed by atoms with Crippen molar-refractivity contribution in [1.82, 2.24) is 0 Å². The van der Waals surface area contributed by atoms with E-state index in [1.54, 1.807) is 7.11 Å². The summed E-state index contributed by atoms with van der Waals surface area (Å²) in [5.74, 6) is 0. The van der Waals surface area contributed by atoms with E-state index in [9.17, 15) is 4.39 Å². The van der Waals surface area contributed by atoms with Gasteiger partial charge < -0.3 is 4.74 Å². The largest absolute Gasteiger partial charge is 0.381 e. The molecule has 0 aromatic heterocycles. The van der Waals surface area contributed by atoms with E-state index in [1.165, 1.54) is 6.42 Å². The Hall–Kier alpha value is -0.110. The van der Waals surface area contributed by atoms with E-state index < -0.39 is 6.17 Å². The Kier molecular flexibility index (Phi) is 5.60. The third-order valence-corrected chi connectivity index (χ3v) is 1.37. The number of rotatable bonds is 1. The highest BCUT2D eigenvalue weighted by atomic mass is 19.1. The van der Waals surface area contributed by atoms with Crippen molar-refractivity contribution in [2.75, 3.05) is 7.11 Å². The van der Waals surface area contributed by atoms with E-state index in [0.29, 0.717) is 12.8 Å². The van der Waals surface area contributed by atoms with Crippen LogP contribution in [0, 0.1) is 0 Å². The Morgan fingerprint density at radius 2 is 1.80 bits per heavy atom. The minimum atomic E-state index is -0.579. The molecule has 1 rings (SSSR count). The molecule has 62 valence electrons. The van der Waals surface area contributed by atoms with Crippen LogP contribution in [-0.2, 0) is 4.74 Å². The lowest BCUT2D eigenvalue weighted by Gasteiger charge is -2.27. The molecule has 0 aromatic carbocycles. The maximum atomic E-state index is 11.9. The summed E-state index contributed by atoms with van der Waals surface area (Å²) in [7, 11) is 1.62. The quantitative estimate of drug-likeness (QED) is 0.555. The van der Waals surface area contributed by atoms with E-state index in [1.807, 2.05) is 0 Å². The van der Waals surface area contributed by atoms with Gasteiger partial charge in [0.1, 0.15) is 6.17 Å². The molecule has 1 fully saturated rings. The predicted octanol–water partition coefficient (Wildman–Crippen LogP) is 2.55. The zero-order valence-electron chi connectivity index (χ0n) is 7.06. The van der Waals surface area contributed by atoms with Crippen molar-refractivity contribution in [1.29, 1.82) is 0 Å². The van der Waals surface area contributed by atoms with Crippen molar-refractivity contribution in [3.63, 3.8) is 0 Å². The fourth-order valence-electron chi connectivity index (χ4n) is 0.694. The van der Waals surface area contributed by atoms with Gasteiger partial charge in [-0.2, -0.15) is 0 Å². The molecule has 0 amide bonds. The zero-order valence-corrected chi connectivity index (χ0v) is 7.06. The van der Waals surface area contributed by atoms with Crippen LogP contribution in [0.15, 0.2) is 0 Å². The molecule has 1 aliphatic carbocycles. The fourth-order valence-corrected chi connectivity index (χ4v) is 0.694. The highest BCUT2D eigenvalue weighted by Gasteiger charge is 2.28. The van der Waals surface area contributed by atoms with Crippen molar-refractivity contribution >= 4 is 0 Å². The van der Waals surface area contributed by atoms with Gasteiger partial charge in [-0.05, 0) is 0 Å². The van der Waals surface area contributed by atoms with Crippen molar-refractivity contribution in [2.24, 2.45) is 0 Å². The van der Waals surface area contributed by atoms with Crippen LogP contribution >= 0.6 is 0 Å². The minimum Gasteiger partial charge on any atom is -0.381 e. The van der Waals surface area contributed by atoms with Gasteiger partial charge in [0, 0.05) is 20.0 Å². The molecule has 0 N–H and O–H groups in total. The standard InChI is InChI=1S/C5H9FO.C3H8/c1-7-5-2-4(6)3-5;1-3-2/h4-5H,2-3H2,1H3;3H2,1-2H3. The van der Waals surface area contributed by atoms with Gasteiger partial charge in [-0.3, -0.25) is 0 Å². The third kappa shape index (κ3) is 3.83. The highest BCUT2D eigenvalue weighted by molar-refractivity contribution is 4.78. The minimum absolute atomic E-state index is 0.218. The van der Waals surface area contributed by atoms with Crippen molar-refractivity contribution in [3.05, 3.63) is 0 Å². The molecule has 0 aromatic rings. The smallest absolute Gasteiger partial charge is 0.105 e. The van der Waals surface area contributed by atoms with Gasteiger partial charge in [0.25, 0.3) is 0 Å². The summed E-state index contributed by atoms with van der Waals surface area (Å²) >= 11 is 0. The van der Waals surface area contributed by atoms with Crippen LogP contribution in [-0.4, -0.2) is 19.4 Å². The summed E-state index contributed by atoms with van der Waals surface area (Å²) in [4.78, 5) is 0. The number of ether oxygens (including phenoxy) is 1. The summed E-state index contributed by atoms with van der Waals surface area (Å²) in [6.07, 6.45) is 2.10. The molecule has 0 spiro atoms. The third-order valence-electron chi connectivity index (χ3n) is 1.37. The topological polar surface area (TPSA) is 9.23 Å². The maximum Gasteiger partial charge on any atom is 0.105 e. The maximum absolute atomic E-state index is 11.9. The monoisotopic (exact) mass is 148 g/mol. The Balaban J connectivity index is 0.000000236. The second-order valence-electron chi connectivity index (χ2n) is 2.63. The van der Waals surface area contributed by atoms with E-state index >= 15 is 0 Å². The molecule has 0 saturated heterocycles. The van der Waals surface area contributed by atoms with Crippen molar-refractivity contribution in [2.45, 2.75) is 45.4 Å². The lowest BCUT2D eigenvalue weighted by Crippen LogP contribution is -2.31. The van der Waals surface area contributed by atoms with Crippen molar-refractivity contribution in [3.8, 4) is 0 Å². The summed E-state index contributed by atoms with van der Waals surface area (Å²) in [5, 5.41) is 0. The lowest BCUT2D eigenvalue weighted by molar-refractivity contribution is -0.0131. The van der Waals surface area contributed by atoms with Gasteiger partial charge in [0.2, 0.25) is 0 Å². The Morgan fingerprint density at radius 3 is 1.90 bits per heavy atom. The number of hydrogen-bond donors (Lipinski definition) is 0. The molecular formula is C8H17FO.